The number of anilines is 1. The second-order valence-electron chi connectivity index (χ2n) is 8.04. The SMILES string of the molecule is Cn1cc(-c2cc(F)c3nnc(Sc4ccc5ncc(NC6CCOC6)cc5c4)n3c2)cn1. The van der Waals surface area contributed by atoms with Gasteiger partial charge in [0.15, 0.2) is 11.5 Å². The number of nitrogens with zero attached hydrogens (tertiary/aromatic N) is 6. The molecule has 166 valence electrons. The van der Waals surface area contributed by atoms with E-state index >= 15 is 0 Å². The average Bonchev–Trinajstić information content (AvgIpc) is 3.56. The molecular formula is C23H20FN7OS. The van der Waals surface area contributed by atoms with Crippen LogP contribution in [0.2, 0.25) is 0 Å². The number of halogens is 1. The molecule has 6 rings (SSSR count). The zero-order valence-electron chi connectivity index (χ0n) is 17.8. The Hall–Kier alpha value is -3.50. The lowest BCUT2D eigenvalue weighted by Crippen LogP contribution is -2.18. The van der Waals surface area contributed by atoms with Gasteiger partial charge in [0.1, 0.15) is 0 Å². The Morgan fingerprint density at radius 2 is 2.06 bits per heavy atom. The molecule has 1 aromatic carbocycles. The van der Waals surface area contributed by atoms with Crippen molar-refractivity contribution in [2.24, 2.45) is 7.05 Å². The van der Waals surface area contributed by atoms with Crippen LogP contribution in [0.25, 0.3) is 27.7 Å². The minimum atomic E-state index is -0.426. The van der Waals surface area contributed by atoms with Crippen LogP contribution in [-0.4, -0.2) is 48.6 Å². The maximum Gasteiger partial charge on any atom is 0.200 e. The van der Waals surface area contributed by atoms with Gasteiger partial charge in [0.2, 0.25) is 5.16 Å². The standard InChI is InChI=1S/C23H20FN7OS/c1-30-11-16(9-26-30)15-8-20(24)22-28-29-23(31(22)12-15)33-19-2-3-21-14(7-19)6-18(10-25-21)27-17-4-5-32-13-17/h2-3,6-12,17,27H,4-5,13H2,1H3. The molecule has 10 heteroatoms. The smallest absolute Gasteiger partial charge is 0.200 e. The van der Waals surface area contributed by atoms with Gasteiger partial charge in [0, 0.05) is 47.5 Å². The minimum absolute atomic E-state index is 0.192. The number of rotatable bonds is 5. The second-order valence-corrected chi connectivity index (χ2v) is 9.08. The molecule has 1 aliphatic rings. The number of fused-ring (bicyclic) bond motifs is 2. The van der Waals surface area contributed by atoms with E-state index in [2.05, 4.69) is 37.7 Å². The zero-order chi connectivity index (χ0) is 22.4. The van der Waals surface area contributed by atoms with Gasteiger partial charge >= 0.3 is 0 Å². The van der Waals surface area contributed by atoms with Gasteiger partial charge < -0.3 is 10.1 Å². The van der Waals surface area contributed by atoms with E-state index in [1.54, 1.807) is 15.3 Å². The average molecular weight is 462 g/mol. The van der Waals surface area contributed by atoms with Crippen LogP contribution in [-0.2, 0) is 11.8 Å². The van der Waals surface area contributed by atoms with E-state index in [-0.39, 0.29) is 5.65 Å². The van der Waals surface area contributed by atoms with Crippen molar-refractivity contribution in [1.29, 1.82) is 0 Å². The third-order valence-electron chi connectivity index (χ3n) is 5.63. The third-order valence-corrected chi connectivity index (χ3v) is 6.58. The first-order valence-electron chi connectivity index (χ1n) is 10.6. The molecule has 5 heterocycles. The largest absolute Gasteiger partial charge is 0.379 e. The first-order chi connectivity index (χ1) is 16.1. The molecule has 33 heavy (non-hydrogen) atoms. The minimum Gasteiger partial charge on any atom is -0.379 e. The van der Waals surface area contributed by atoms with Crippen molar-refractivity contribution >= 4 is 34.0 Å². The predicted molar refractivity (Wildman–Crippen MR) is 124 cm³/mol. The van der Waals surface area contributed by atoms with Gasteiger partial charge in [-0.2, -0.15) is 5.10 Å². The molecule has 1 unspecified atom stereocenters. The molecule has 1 fully saturated rings. The topological polar surface area (TPSA) is 82.2 Å². The fourth-order valence-electron chi connectivity index (χ4n) is 3.97. The molecule has 8 nitrogen and oxygen atoms in total. The second kappa shape index (κ2) is 8.13. The van der Waals surface area contributed by atoms with Crippen molar-refractivity contribution in [3.8, 4) is 11.1 Å². The van der Waals surface area contributed by atoms with E-state index in [1.807, 2.05) is 37.8 Å². The number of hydrogen-bond donors (Lipinski definition) is 1. The summed E-state index contributed by atoms with van der Waals surface area (Å²) in [6.45, 7) is 1.50. The molecular weight excluding hydrogens is 441 g/mol. The fourth-order valence-corrected chi connectivity index (χ4v) is 4.82. The van der Waals surface area contributed by atoms with Crippen molar-refractivity contribution in [2.75, 3.05) is 18.5 Å². The highest BCUT2D eigenvalue weighted by molar-refractivity contribution is 7.99. The Labute approximate surface area is 192 Å². The molecule has 5 aromatic rings. The van der Waals surface area contributed by atoms with Gasteiger partial charge in [-0.15, -0.1) is 10.2 Å². The molecule has 1 atom stereocenters. The monoisotopic (exact) mass is 461 g/mol. The maximum atomic E-state index is 14.7. The van der Waals surface area contributed by atoms with E-state index in [4.69, 9.17) is 4.74 Å². The molecule has 0 aliphatic carbocycles. The van der Waals surface area contributed by atoms with Crippen LogP contribution in [0.1, 0.15) is 6.42 Å². The number of aryl methyl sites for hydroxylation is 1. The van der Waals surface area contributed by atoms with Crippen LogP contribution in [0, 0.1) is 5.82 Å². The van der Waals surface area contributed by atoms with Crippen LogP contribution in [0.5, 0.6) is 0 Å². The van der Waals surface area contributed by atoms with Crippen LogP contribution in [0.15, 0.2) is 65.2 Å². The quantitative estimate of drug-likeness (QED) is 0.421. The van der Waals surface area contributed by atoms with E-state index < -0.39 is 5.82 Å². The number of aromatic nitrogens is 6. The van der Waals surface area contributed by atoms with Crippen molar-refractivity contribution < 1.29 is 9.13 Å². The molecule has 1 aliphatic heterocycles. The van der Waals surface area contributed by atoms with E-state index in [1.165, 1.54) is 17.8 Å². The molecule has 0 radical (unpaired) electrons. The zero-order valence-corrected chi connectivity index (χ0v) is 18.6. The Morgan fingerprint density at radius 3 is 2.88 bits per heavy atom. The highest BCUT2D eigenvalue weighted by Gasteiger charge is 2.16. The Bertz CT molecular complexity index is 1470. The normalized spacial score (nSPS) is 16.1. The number of ether oxygens (including phenoxy) is 1. The van der Waals surface area contributed by atoms with Crippen molar-refractivity contribution in [1.82, 2.24) is 29.4 Å². The number of hydrogen-bond acceptors (Lipinski definition) is 7. The first-order valence-corrected chi connectivity index (χ1v) is 11.4. The Kier molecular flexibility index (Phi) is 4.96. The number of nitrogens with one attached hydrogen (secondary N) is 1. The third kappa shape index (κ3) is 3.91. The lowest BCUT2D eigenvalue weighted by molar-refractivity contribution is 0.195. The summed E-state index contributed by atoms with van der Waals surface area (Å²) < 4.78 is 23.5. The molecule has 0 spiro atoms. The summed E-state index contributed by atoms with van der Waals surface area (Å²) in [5.74, 6) is -0.426. The van der Waals surface area contributed by atoms with Crippen LogP contribution in [0.3, 0.4) is 0 Å². The van der Waals surface area contributed by atoms with Gasteiger partial charge in [-0.1, -0.05) is 0 Å². The molecule has 0 amide bonds. The lowest BCUT2D eigenvalue weighted by atomic mass is 10.1. The van der Waals surface area contributed by atoms with E-state index in [0.717, 1.165) is 40.1 Å². The first kappa shape index (κ1) is 20.1. The summed E-state index contributed by atoms with van der Waals surface area (Å²) >= 11 is 1.43. The summed E-state index contributed by atoms with van der Waals surface area (Å²) in [6, 6.07) is 9.89. The summed E-state index contributed by atoms with van der Waals surface area (Å²) in [5, 5.41) is 17.5. The summed E-state index contributed by atoms with van der Waals surface area (Å²) in [6.07, 6.45) is 8.23. The van der Waals surface area contributed by atoms with E-state index in [0.29, 0.717) is 23.4 Å². The fraction of sp³-hybridized carbons (Fsp3) is 0.217. The molecule has 1 N–H and O–H groups in total. The van der Waals surface area contributed by atoms with Crippen LogP contribution in [0.4, 0.5) is 10.1 Å². The van der Waals surface area contributed by atoms with Crippen LogP contribution >= 0.6 is 11.8 Å². The highest BCUT2D eigenvalue weighted by atomic mass is 32.2. The van der Waals surface area contributed by atoms with Crippen molar-refractivity contribution in [3.05, 3.63) is 60.9 Å². The molecule has 0 saturated carbocycles. The summed E-state index contributed by atoms with van der Waals surface area (Å²) in [7, 11) is 1.83. The maximum absolute atomic E-state index is 14.7. The number of pyridine rings is 2. The molecule has 4 aromatic heterocycles. The summed E-state index contributed by atoms with van der Waals surface area (Å²) in [4.78, 5) is 5.53. The van der Waals surface area contributed by atoms with Gasteiger partial charge in [0.25, 0.3) is 0 Å². The Morgan fingerprint density at radius 1 is 1.12 bits per heavy atom. The van der Waals surface area contributed by atoms with Gasteiger partial charge in [-0.25, -0.2) is 4.39 Å². The summed E-state index contributed by atoms with van der Waals surface area (Å²) in [5.41, 5.74) is 3.61. The van der Waals surface area contributed by atoms with Crippen LogP contribution < -0.4 is 5.32 Å². The van der Waals surface area contributed by atoms with E-state index in [9.17, 15) is 4.39 Å². The van der Waals surface area contributed by atoms with Gasteiger partial charge in [-0.3, -0.25) is 14.1 Å². The van der Waals surface area contributed by atoms with Crippen molar-refractivity contribution in [3.63, 3.8) is 0 Å². The number of benzene rings is 1. The molecule has 1 saturated heterocycles. The predicted octanol–water partition coefficient (Wildman–Crippen LogP) is 4.17. The Balaban J connectivity index is 1.33. The van der Waals surface area contributed by atoms with Gasteiger partial charge in [-0.05, 0) is 48.5 Å². The molecule has 0 bridgehead atoms. The van der Waals surface area contributed by atoms with Crippen molar-refractivity contribution in [2.45, 2.75) is 22.5 Å². The van der Waals surface area contributed by atoms with Gasteiger partial charge in [0.05, 0.1) is 36.2 Å². The lowest BCUT2D eigenvalue weighted by Gasteiger charge is -2.12. The highest BCUT2D eigenvalue weighted by Crippen LogP contribution is 2.31.